The summed E-state index contributed by atoms with van der Waals surface area (Å²) in [4.78, 5) is 9.02. The number of hydrogen-bond acceptors (Lipinski definition) is 7. The molecular formula is C24H26N4O3. The molecule has 0 aliphatic heterocycles. The lowest BCUT2D eigenvalue weighted by Crippen LogP contribution is -2.45. The Morgan fingerprint density at radius 3 is 2.55 bits per heavy atom. The van der Waals surface area contributed by atoms with Crippen LogP contribution in [0.5, 0.6) is 17.2 Å². The van der Waals surface area contributed by atoms with Crippen molar-refractivity contribution in [3.05, 3.63) is 70.5 Å². The summed E-state index contributed by atoms with van der Waals surface area (Å²) in [6.07, 6.45) is 6.30. The Bertz CT molecular complexity index is 1190. The van der Waals surface area contributed by atoms with E-state index in [1.165, 1.54) is 0 Å². The van der Waals surface area contributed by atoms with Gasteiger partial charge in [-0.1, -0.05) is 24.3 Å². The van der Waals surface area contributed by atoms with E-state index in [4.69, 9.17) is 19.9 Å². The Kier molecular flexibility index (Phi) is 5.77. The van der Waals surface area contributed by atoms with Gasteiger partial charge in [0.2, 0.25) is 0 Å². The molecule has 31 heavy (non-hydrogen) atoms. The quantitative estimate of drug-likeness (QED) is 0.606. The summed E-state index contributed by atoms with van der Waals surface area (Å²) in [5.41, 5.74) is 8.01. The van der Waals surface area contributed by atoms with Crippen LogP contribution >= 0.6 is 0 Å². The molecule has 160 valence electrons. The van der Waals surface area contributed by atoms with Gasteiger partial charge >= 0.3 is 0 Å². The number of benzene rings is 2. The van der Waals surface area contributed by atoms with Crippen molar-refractivity contribution in [1.29, 1.82) is 0 Å². The summed E-state index contributed by atoms with van der Waals surface area (Å²) >= 11 is 0. The second kappa shape index (κ2) is 8.65. The number of hydrogen-bond donors (Lipinski definition) is 2. The van der Waals surface area contributed by atoms with Gasteiger partial charge in [0.25, 0.3) is 0 Å². The molecule has 0 bridgehead atoms. The van der Waals surface area contributed by atoms with Gasteiger partial charge in [0, 0.05) is 7.05 Å². The van der Waals surface area contributed by atoms with Gasteiger partial charge in [-0.05, 0) is 47.9 Å². The number of nitrogens with one attached hydrogen (secondary N) is 1. The van der Waals surface area contributed by atoms with E-state index < -0.39 is 5.54 Å². The van der Waals surface area contributed by atoms with Gasteiger partial charge in [-0.2, -0.15) is 0 Å². The highest BCUT2D eigenvalue weighted by molar-refractivity contribution is 5.55. The molecule has 1 aromatic heterocycles. The largest absolute Gasteiger partial charge is 0.497 e. The number of rotatable bonds is 7. The van der Waals surface area contributed by atoms with E-state index in [1.54, 1.807) is 20.4 Å². The summed E-state index contributed by atoms with van der Waals surface area (Å²) in [5.74, 6) is 2.80. The van der Waals surface area contributed by atoms with Crippen LogP contribution in [0.15, 0.2) is 48.7 Å². The molecule has 7 heteroatoms. The third kappa shape index (κ3) is 4.32. The fourth-order valence-corrected chi connectivity index (χ4v) is 3.53. The van der Waals surface area contributed by atoms with E-state index in [2.05, 4.69) is 15.3 Å². The normalized spacial score (nSPS) is 17.0. The lowest BCUT2D eigenvalue weighted by Gasteiger charge is -2.28. The van der Waals surface area contributed by atoms with Crippen molar-refractivity contribution in [3.63, 3.8) is 0 Å². The standard InChI is InChI=1S/C24H26N4O3/c1-26-23-14-27-19-10-11-24(25,13-20(19)28-23)17-6-9-21(22(12-17)30-3)31-15-16-4-7-18(29-2)8-5-16/h4-10,12-14H,11,15,25H2,1-3H3,(H,26,28). The van der Waals surface area contributed by atoms with Crippen LogP contribution in [0.4, 0.5) is 5.82 Å². The maximum absolute atomic E-state index is 6.77. The van der Waals surface area contributed by atoms with E-state index >= 15 is 0 Å². The number of ether oxygens (including phenoxy) is 3. The summed E-state index contributed by atoms with van der Waals surface area (Å²) in [6.45, 7) is 0.420. The Morgan fingerprint density at radius 2 is 1.84 bits per heavy atom. The van der Waals surface area contributed by atoms with Crippen molar-refractivity contribution in [3.8, 4) is 17.2 Å². The Balaban J connectivity index is 1.59. The Labute approximate surface area is 181 Å². The van der Waals surface area contributed by atoms with Crippen LogP contribution in [0.3, 0.4) is 0 Å². The van der Waals surface area contributed by atoms with E-state index in [0.29, 0.717) is 30.3 Å². The third-order valence-corrected chi connectivity index (χ3v) is 5.37. The van der Waals surface area contributed by atoms with Crippen LogP contribution in [-0.4, -0.2) is 31.2 Å². The number of methoxy groups -OCH3 is 2. The maximum Gasteiger partial charge on any atom is 0.161 e. The van der Waals surface area contributed by atoms with E-state index in [0.717, 1.165) is 27.6 Å². The van der Waals surface area contributed by atoms with Crippen LogP contribution in [0.1, 0.15) is 17.5 Å². The minimum Gasteiger partial charge on any atom is -0.497 e. The van der Waals surface area contributed by atoms with E-state index in [1.807, 2.05) is 61.7 Å². The van der Waals surface area contributed by atoms with Crippen LogP contribution in [0, 0.1) is 0 Å². The summed E-state index contributed by atoms with van der Waals surface area (Å²) in [6, 6.07) is 13.5. The SMILES string of the molecule is CNc1cnc2c(n1)=CC(N)(c1ccc(OCc3ccc(OC)cc3)c(OC)c1)CC=2. The monoisotopic (exact) mass is 418 g/mol. The first-order valence-electron chi connectivity index (χ1n) is 10.0. The molecule has 1 aliphatic rings. The topological polar surface area (TPSA) is 91.5 Å². The second-order valence-electron chi connectivity index (χ2n) is 7.37. The van der Waals surface area contributed by atoms with Crippen molar-refractivity contribution in [2.24, 2.45) is 5.73 Å². The lowest BCUT2D eigenvalue weighted by molar-refractivity contribution is 0.284. The molecule has 3 aromatic rings. The molecule has 0 radical (unpaired) electrons. The minimum absolute atomic E-state index is 0.420. The summed E-state index contributed by atoms with van der Waals surface area (Å²) < 4.78 is 16.8. The number of aromatic nitrogens is 2. The van der Waals surface area contributed by atoms with Crippen LogP contribution in [0.25, 0.3) is 12.2 Å². The first-order chi connectivity index (χ1) is 15.0. The second-order valence-corrected chi connectivity index (χ2v) is 7.37. The zero-order chi connectivity index (χ0) is 21.8. The average Bonchev–Trinajstić information content (AvgIpc) is 2.82. The molecule has 0 fully saturated rings. The van der Waals surface area contributed by atoms with Crippen LogP contribution in [0.2, 0.25) is 0 Å². The molecule has 1 heterocycles. The molecule has 1 unspecified atom stereocenters. The van der Waals surface area contributed by atoms with Gasteiger partial charge in [-0.3, -0.25) is 4.98 Å². The smallest absolute Gasteiger partial charge is 0.161 e. The minimum atomic E-state index is -0.712. The molecule has 0 saturated heterocycles. The van der Waals surface area contributed by atoms with Crippen LogP contribution in [-0.2, 0) is 12.1 Å². The highest BCUT2D eigenvalue weighted by Crippen LogP contribution is 2.34. The van der Waals surface area contributed by atoms with Gasteiger partial charge in [0.15, 0.2) is 11.5 Å². The lowest BCUT2D eigenvalue weighted by atomic mass is 9.85. The van der Waals surface area contributed by atoms with Gasteiger partial charge in [0.05, 0.1) is 36.7 Å². The van der Waals surface area contributed by atoms with E-state index in [9.17, 15) is 0 Å². The molecule has 2 aromatic carbocycles. The Hall–Kier alpha value is -3.58. The molecule has 7 nitrogen and oxygen atoms in total. The van der Waals surface area contributed by atoms with Crippen molar-refractivity contribution < 1.29 is 14.2 Å². The van der Waals surface area contributed by atoms with Crippen LogP contribution < -0.4 is 36.0 Å². The maximum atomic E-state index is 6.77. The molecule has 3 N–H and O–H groups in total. The molecule has 0 spiro atoms. The van der Waals surface area contributed by atoms with Gasteiger partial charge in [0.1, 0.15) is 18.2 Å². The predicted octanol–water partition coefficient (Wildman–Crippen LogP) is 1.93. The van der Waals surface area contributed by atoms with Gasteiger partial charge in [-0.15, -0.1) is 0 Å². The molecule has 0 saturated carbocycles. The highest BCUT2D eigenvalue weighted by atomic mass is 16.5. The van der Waals surface area contributed by atoms with Crippen molar-refractivity contribution >= 4 is 18.0 Å². The summed E-state index contributed by atoms with van der Waals surface area (Å²) in [5, 5.41) is 4.61. The number of nitrogens with zero attached hydrogens (tertiary/aromatic N) is 2. The molecule has 4 rings (SSSR count). The number of nitrogens with two attached hydrogens (primary N) is 1. The fourth-order valence-electron chi connectivity index (χ4n) is 3.53. The third-order valence-electron chi connectivity index (χ3n) is 5.37. The molecular weight excluding hydrogens is 392 g/mol. The van der Waals surface area contributed by atoms with Crippen molar-refractivity contribution in [1.82, 2.24) is 9.97 Å². The first-order valence-corrected chi connectivity index (χ1v) is 10.0. The molecule has 1 atom stereocenters. The Morgan fingerprint density at radius 1 is 1.03 bits per heavy atom. The number of fused-ring (bicyclic) bond motifs is 1. The number of anilines is 1. The van der Waals surface area contributed by atoms with E-state index in [-0.39, 0.29) is 0 Å². The van der Waals surface area contributed by atoms with Gasteiger partial charge < -0.3 is 25.3 Å². The highest BCUT2D eigenvalue weighted by Gasteiger charge is 2.27. The van der Waals surface area contributed by atoms with Crippen molar-refractivity contribution in [2.45, 2.75) is 18.6 Å². The molecule has 1 aliphatic carbocycles. The molecule has 0 amide bonds. The average molecular weight is 418 g/mol. The zero-order valence-corrected chi connectivity index (χ0v) is 17.9. The summed E-state index contributed by atoms with van der Waals surface area (Å²) in [7, 11) is 5.09. The first kappa shape index (κ1) is 20.7. The van der Waals surface area contributed by atoms with Crippen molar-refractivity contribution in [2.75, 3.05) is 26.6 Å². The fraction of sp³-hybridized carbons (Fsp3) is 0.250. The predicted molar refractivity (Wildman–Crippen MR) is 121 cm³/mol. The zero-order valence-electron chi connectivity index (χ0n) is 17.9. The van der Waals surface area contributed by atoms with Gasteiger partial charge in [-0.25, -0.2) is 4.98 Å².